The van der Waals surface area contributed by atoms with Crippen molar-refractivity contribution in [1.82, 2.24) is 10.6 Å². The summed E-state index contributed by atoms with van der Waals surface area (Å²) in [5.41, 5.74) is 0. The van der Waals surface area contributed by atoms with Gasteiger partial charge in [-0.3, -0.25) is 4.79 Å². The smallest absolute Gasteiger partial charge is 0.233 e. The van der Waals surface area contributed by atoms with Crippen LogP contribution < -0.4 is 10.6 Å². The van der Waals surface area contributed by atoms with Gasteiger partial charge in [0, 0.05) is 6.54 Å². The Labute approximate surface area is 105 Å². The molecule has 2 aliphatic rings. The summed E-state index contributed by atoms with van der Waals surface area (Å²) in [5, 5.41) is 6.29. The maximum Gasteiger partial charge on any atom is 0.233 e. The summed E-state index contributed by atoms with van der Waals surface area (Å²) >= 11 is 0. The van der Waals surface area contributed by atoms with Gasteiger partial charge in [-0.2, -0.15) is 0 Å². The second-order valence-electron chi connectivity index (χ2n) is 6.00. The molecule has 0 saturated heterocycles. The fourth-order valence-electron chi connectivity index (χ4n) is 2.57. The van der Waals surface area contributed by atoms with E-state index in [9.17, 15) is 4.79 Å². The highest BCUT2D eigenvalue weighted by Gasteiger charge is 2.21. The first kappa shape index (κ1) is 12.9. The molecule has 0 heterocycles. The Balaban J connectivity index is 1.49. The fraction of sp³-hybridized carbons (Fsp3) is 0.929. The molecule has 0 aromatic rings. The summed E-state index contributed by atoms with van der Waals surface area (Å²) in [7, 11) is 0. The van der Waals surface area contributed by atoms with Gasteiger partial charge in [0.15, 0.2) is 0 Å². The van der Waals surface area contributed by atoms with Gasteiger partial charge in [-0.05, 0) is 50.0 Å². The summed E-state index contributed by atoms with van der Waals surface area (Å²) < 4.78 is 0. The number of carbonyl (C=O) groups excluding carboxylic acids is 1. The number of hydrogen-bond donors (Lipinski definition) is 2. The molecular formula is C14H26N2O. The van der Waals surface area contributed by atoms with E-state index >= 15 is 0 Å². The second kappa shape index (κ2) is 6.39. The van der Waals surface area contributed by atoms with E-state index in [2.05, 4.69) is 17.6 Å². The lowest BCUT2D eigenvalue weighted by Gasteiger charge is -2.26. The van der Waals surface area contributed by atoms with Crippen LogP contribution in [-0.2, 0) is 4.79 Å². The minimum absolute atomic E-state index is 0.171. The first-order valence-corrected chi connectivity index (χ1v) is 7.21. The zero-order valence-electron chi connectivity index (χ0n) is 11.0. The van der Waals surface area contributed by atoms with Gasteiger partial charge in [0.05, 0.1) is 6.54 Å². The maximum absolute atomic E-state index is 11.6. The van der Waals surface area contributed by atoms with Crippen LogP contribution in [0.4, 0.5) is 0 Å². The number of hydrogen-bond acceptors (Lipinski definition) is 2. The molecular weight excluding hydrogens is 212 g/mol. The van der Waals surface area contributed by atoms with Crippen molar-refractivity contribution in [2.75, 3.05) is 19.6 Å². The van der Waals surface area contributed by atoms with E-state index in [0.29, 0.717) is 6.54 Å². The molecule has 17 heavy (non-hydrogen) atoms. The third-order valence-electron chi connectivity index (χ3n) is 4.14. The van der Waals surface area contributed by atoms with E-state index in [-0.39, 0.29) is 5.91 Å². The first-order chi connectivity index (χ1) is 8.24. The van der Waals surface area contributed by atoms with Crippen LogP contribution in [0, 0.1) is 17.8 Å². The van der Waals surface area contributed by atoms with Crippen molar-refractivity contribution in [3.8, 4) is 0 Å². The van der Waals surface area contributed by atoms with Crippen LogP contribution >= 0.6 is 0 Å². The zero-order chi connectivity index (χ0) is 12.1. The van der Waals surface area contributed by atoms with Crippen LogP contribution in [-0.4, -0.2) is 25.5 Å². The fourth-order valence-corrected chi connectivity index (χ4v) is 2.57. The van der Waals surface area contributed by atoms with Gasteiger partial charge < -0.3 is 10.6 Å². The summed E-state index contributed by atoms with van der Waals surface area (Å²) in [4.78, 5) is 11.6. The number of nitrogens with one attached hydrogen (secondary N) is 2. The van der Waals surface area contributed by atoms with E-state index in [1.165, 1.54) is 38.5 Å². The van der Waals surface area contributed by atoms with Crippen molar-refractivity contribution in [3.05, 3.63) is 0 Å². The SMILES string of the molecule is CC1CCC(CNC(=O)CNCC2CC2)CC1. The minimum Gasteiger partial charge on any atom is -0.355 e. The van der Waals surface area contributed by atoms with E-state index in [0.717, 1.165) is 30.8 Å². The normalized spacial score (nSPS) is 29.0. The highest BCUT2D eigenvalue weighted by atomic mass is 16.1. The highest BCUT2D eigenvalue weighted by Crippen LogP contribution is 2.28. The third-order valence-corrected chi connectivity index (χ3v) is 4.14. The quantitative estimate of drug-likeness (QED) is 0.742. The number of rotatable bonds is 6. The average molecular weight is 238 g/mol. The van der Waals surface area contributed by atoms with Crippen molar-refractivity contribution in [2.45, 2.75) is 45.4 Å². The van der Waals surface area contributed by atoms with Crippen LogP contribution in [0.25, 0.3) is 0 Å². The van der Waals surface area contributed by atoms with Gasteiger partial charge in [0.1, 0.15) is 0 Å². The Morgan fingerprint density at radius 1 is 1.00 bits per heavy atom. The van der Waals surface area contributed by atoms with E-state index in [1.54, 1.807) is 0 Å². The predicted octanol–water partition coefficient (Wildman–Crippen LogP) is 1.93. The monoisotopic (exact) mass is 238 g/mol. The lowest BCUT2D eigenvalue weighted by atomic mass is 9.83. The van der Waals surface area contributed by atoms with Crippen LogP contribution in [0.5, 0.6) is 0 Å². The van der Waals surface area contributed by atoms with Crippen molar-refractivity contribution < 1.29 is 4.79 Å². The van der Waals surface area contributed by atoms with Gasteiger partial charge in [-0.25, -0.2) is 0 Å². The molecule has 2 saturated carbocycles. The summed E-state index contributed by atoms with van der Waals surface area (Å²) in [5.74, 6) is 2.63. The largest absolute Gasteiger partial charge is 0.355 e. The molecule has 3 heteroatoms. The molecule has 2 fully saturated rings. The molecule has 3 nitrogen and oxygen atoms in total. The third kappa shape index (κ3) is 5.07. The lowest BCUT2D eigenvalue weighted by molar-refractivity contribution is -0.120. The average Bonchev–Trinajstić information content (AvgIpc) is 3.12. The minimum atomic E-state index is 0.171. The van der Waals surface area contributed by atoms with Crippen molar-refractivity contribution in [2.24, 2.45) is 17.8 Å². The molecule has 0 radical (unpaired) electrons. The summed E-state index contributed by atoms with van der Waals surface area (Å²) in [6, 6.07) is 0. The molecule has 0 aromatic carbocycles. The standard InChI is InChI=1S/C14H26N2O/c1-11-2-4-13(5-3-11)9-16-14(17)10-15-8-12-6-7-12/h11-13,15H,2-10H2,1H3,(H,16,17). The topological polar surface area (TPSA) is 41.1 Å². The van der Waals surface area contributed by atoms with E-state index < -0.39 is 0 Å². The van der Waals surface area contributed by atoms with Gasteiger partial charge in [0.25, 0.3) is 0 Å². The predicted molar refractivity (Wildman–Crippen MR) is 69.7 cm³/mol. The van der Waals surface area contributed by atoms with Crippen molar-refractivity contribution in [3.63, 3.8) is 0 Å². The molecule has 0 aromatic heterocycles. The number of carbonyl (C=O) groups is 1. The Kier molecular flexibility index (Phi) is 4.84. The Hall–Kier alpha value is -0.570. The first-order valence-electron chi connectivity index (χ1n) is 7.21. The Morgan fingerprint density at radius 2 is 1.59 bits per heavy atom. The lowest BCUT2D eigenvalue weighted by Crippen LogP contribution is -2.37. The van der Waals surface area contributed by atoms with Gasteiger partial charge in [0.2, 0.25) is 5.91 Å². The maximum atomic E-state index is 11.6. The molecule has 0 spiro atoms. The highest BCUT2D eigenvalue weighted by molar-refractivity contribution is 5.77. The van der Waals surface area contributed by atoms with Crippen LogP contribution in [0.1, 0.15) is 45.4 Å². The molecule has 98 valence electrons. The number of amides is 1. The molecule has 2 N–H and O–H groups in total. The van der Waals surface area contributed by atoms with Gasteiger partial charge in [-0.15, -0.1) is 0 Å². The molecule has 0 aliphatic heterocycles. The molecule has 2 rings (SSSR count). The van der Waals surface area contributed by atoms with E-state index in [4.69, 9.17) is 0 Å². The molecule has 0 atom stereocenters. The van der Waals surface area contributed by atoms with Crippen LogP contribution in [0.3, 0.4) is 0 Å². The Bertz CT molecular complexity index is 243. The Morgan fingerprint density at radius 3 is 2.24 bits per heavy atom. The summed E-state index contributed by atoms with van der Waals surface area (Å²) in [6.07, 6.45) is 7.93. The molecule has 1 amide bonds. The van der Waals surface area contributed by atoms with E-state index in [1.807, 2.05) is 0 Å². The summed E-state index contributed by atoms with van der Waals surface area (Å²) in [6.45, 7) is 4.74. The molecule has 0 unspecified atom stereocenters. The van der Waals surface area contributed by atoms with Crippen molar-refractivity contribution in [1.29, 1.82) is 0 Å². The van der Waals surface area contributed by atoms with Gasteiger partial charge >= 0.3 is 0 Å². The van der Waals surface area contributed by atoms with Crippen LogP contribution in [0.2, 0.25) is 0 Å². The van der Waals surface area contributed by atoms with Gasteiger partial charge in [-0.1, -0.05) is 19.8 Å². The molecule has 0 bridgehead atoms. The van der Waals surface area contributed by atoms with Crippen LogP contribution in [0.15, 0.2) is 0 Å². The zero-order valence-corrected chi connectivity index (χ0v) is 11.0. The van der Waals surface area contributed by atoms with Crippen molar-refractivity contribution >= 4 is 5.91 Å². The second-order valence-corrected chi connectivity index (χ2v) is 6.00. The molecule has 2 aliphatic carbocycles.